The van der Waals surface area contributed by atoms with E-state index in [4.69, 9.17) is 14.2 Å². The molecule has 20 heavy (non-hydrogen) atoms. The van der Waals surface area contributed by atoms with Gasteiger partial charge < -0.3 is 14.2 Å². The van der Waals surface area contributed by atoms with E-state index >= 15 is 0 Å². The number of hydrogen-bond acceptors (Lipinski definition) is 3. The second kappa shape index (κ2) is 7.04. The summed E-state index contributed by atoms with van der Waals surface area (Å²) in [6.45, 7) is 7.27. The Balaban J connectivity index is 1.79. The van der Waals surface area contributed by atoms with Crippen LogP contribution in [-0.2, 0) is 0 Å². The van der Waals surface area contributed by atoms with Crippen LogP contribution >= 0.6 is 0 Å². The molecular formula is C17H22O3. The fraction of sp³-hybridized carbons (Fsp3) is 0.412. The first-order valence-electron chi connectivity index (χ1n) is 6.96. The molecule has 1 aliphatic rings. The minimum absolute atomic E-state index is 0.294. The molecule has 0 N–H and O–H groups in total. The average molecular weight is 274 g/mol. The van der Waals surface area contributed by atoms with Crippen LogP contribution in [0.5, 0.6) is 17.2 Å². The van der Waals surface area contributed by atoms with Crippen molar-refractivity contribution in [2.45, 2.75) is 33.6 Å². The lowest BCUT2D eigenvalue weighted by Gasteiger charge is -2.05. The highest BCUT2D eigenvalue weighted by molar-refractivity contribution is 5.46. The Morgan fingerprint density at radius 2 is 1.95 bits per heavy atom. The second-order valence-corrected chi connectivity index (χ2v) is 5.20. The largest absolute Gasteiger partial charge is 0.489 e. The Labute approximate surface area is 120 Å². The van der Waals surface area contributed by atoms with Crippen LogP contribution < -0.4 is 14.2 Å². The van der Waals surface area contributed by atoms with E-state index in [-0.39, 0.29) is 0 Å². The van der Waals surface area contributed by atoms with Gasteiger partial charge in [0.2, 0.25) is 6.79 Å². The lowest BCUT2D eigenvalue weighted by atomic mass is 10.1. The van der Waals surface area contributed by atoms with E-state index in [1.165, 1.54) is 11.1 Å². The molecule has 3 heteroatoms. The zero-order valence-corrected chi connectivity index (χ0v) is 12.4. The first-order valence-corrected chi connectivity index (χ1v) is 6.96. The van der Waals surface area contributed by atoms with Gasteiger partial charge in [0.25, 0.3) is 0 Å². The van der Waals surface area contributed by atoms with Crippen molar-refractivity contribution in [3.63, 3.8) is 0 Å². The van der Waals surface area contributed by atoms with Gasteiger partial charge >= 0.3 is 0 Å². The summed E-state index contributed by atoms with van der Waals surface area (Å²) < 4.78 is 16.3. The maximum atomic E-state index is 5.70. The molecule has 0 aliphatic carbocycles. The third-order valence-corrected chi connectivity index (χ3v) is 3.12. The van der Waals surface area contributed by atoms with Gasteiger partial charge in [-0.1, -0.05) is 17.2 Å². The van der Waals surface area contributed by atoms with Crippen LogP contribution in [-0.4, -0.2) is 13.4 Å². The Morgan fingerprint density at radius 1 is 1.15 bits per heavy atom. The highest BCUT2D eigenvalue weighted by Crippen LogP contribution is 2.35. The highest BCUT2D eigenvalue weighted by atomic mass is 16.7. The quantitative estimate of drug-likeness (QED) is 0.715. The van der Waals surface area contributed by atoms with Crippen molar-refractivity contribution in [2.75, 3.05) is 13.4 Å². The molecule has 1 aliphatic heterocycles. The molecule has 1 aromatic rings. The van der Waals surface area contributed by atoms with Gasteiger partial charge in [-0.05, 0) is 51.8 Å². The van der Waals surface area contributed by atoms with Crippen LogP contribution in [0.15, 0.2) is 41.5 Å². The molecule has 3 nitrogen and oxygen atoms in total. The third kappa shape index (κ3) is 4.34. The monoisotopic (exact) mass is 274 g/mol. The SMILES string of the molecule is CC(C)=CCC/C(C)=C/COc1ccc2c(c1)OCO2. The molecule has 0 spiro atoms. The van der Waals surface area contributed by atoms with Crippen molar-refractivity contribution in [1.82, 2.24) is 0 Å². The Hall–Kier alpha value is -1.90. The fourth-order valence-corrected chi connectivity index (χ4v) is 1.94. The van der Waals surface area contributed by atoms with Crippen molar-refractivity contribution < 1.29 is 14.2 Å². The molecule has 1 heterocycles. The maximum Gasteiger partial charge on any atom is 0.231 e. The number of ether oxygens (including phenoxy) is 3. The third-order valence-electron chi connectivity index (χ3n) is 3.12. The number of benzene rings is 1. The van der Waals surface area contributed by atoms with Gasteiger partial charge in [0.05, 0.1) is 0 Å². The molecule has 0 fully saturated rings. The molecule has 1 aromatic carbocycles. The molecule has 108 valence electrons. The van der Waals surface area contributed by atoms with Crippen LogP contribution in [0.4, 0.5) is 0 Å². The molecule has 0 radical (unpaired) electrons. The number of rotatable bonds is 6. The minimum Gasteiger partial charge on any atom is -0.489 e. The van der Waals surface area contributed by atoms with Gasteiger partial charge in [0.15, 0.2) is 11.5 Å². The lowest BCUT2D eigenvalue weighted by Crippen LogP contribution is -1.95. The summed E-state index contributed by atoms with van der Waals surface area (Å²) >= 11 is 0. The van der Waals surface area contributed by atoms with E-state index in [1.807, 2.05) is 18.2 Å². The average Bonchev–Trinajstić information content (AvgIpc) is 2.85. The molecule has 0 saturated carbocycles. The second-order valence-electron chi connectivity index (χ2n) is 5.20. The van der Waals surface area contributed by atoms with E-state index in [0.29, 0.717) is 13.4 Å². The summed E-state index contributed by atoms with van der Waals surface area (Å²) in [4.78, 5) is 0. The molecule has 2 rings (SSSR count). The molecule has 0 saturated heterocycles. The summed E-state index contributed by atoms with van der Waals surface area (Å²) in [5.74, 6) is 2.35. The van der Waals surface area contributed by atoms with Crippen molar-refractivity contribution in [1.29, 1.82) is 0 Å². The van der Waals surface area contributed by atoms with Crippen LogP contribution in [0.2, 0.25) is 0 Å². The van der Waals surface area contributed by atoms with Gasteiger partial charge in [-0.2, -0.15) is 0 Å². The topological polar surface area (TPSA) is 27.7 Å². The van der Waals surface area contributed by atoms with E-state index in [1.54, 1.807) is 0 Å². The Morgan fingerprint density at radius 3 is 2.75 bits per heavy atom. The van der Waals surface area contributed by atoms with E-state index in [9.17, 15) is 0 Å². The highest BCUT2D eigenvalue weighted by Gasteiger charge is 2.13. The van der Waals surface area contributed by atoms with E-state index in [2.05, 4.69) is 32.9 Å². The van der Waals surface area contributed by atoms with Crippen LogP contribution in [0.3, 0.4) is 0 Å². The fourth-order valence-electron chi connectivity index (χ4n) is 1.94. The molecule has 0 atom stereocenters. The summed E-state index contributed by atoms with van der Waals surface area (Å²) in [6.07, 6.45) is 6.56. The lowest BCUT2D eigenvalue weighted by molar-refractivity contribution is 0.174. The van der Waals surface area contributed by atoms with E-state index < -0.39 is 0 Å². The van der Waals surface area contributed by atoms with Gasteiger partial charge in [-0.25, -0.2) is 0 Å². The minimum atomic E-state index is 0.294. The standard InChI is InChI=1S/C17H22O3/c1-13(2)5-4-6-14(3)9-10-18-15-7-8-16-17(11-15)20-12-19-16/h5,7-9,11H,4,6,10,12H2,1-3H3/b14-9+. The molecule has 0 bridgehead atoms. The van der Waals surface area contributed by atoms with Crippen molar-refractivity contribution in [2.24, 2.45) is 0 Å². The first-order chi connectivity index (χ1) is 9.65. The summed E-state index contributed by atoms with van der Waals surface area (Å²) in [5, 5.41) is 0. The molecule has 0 amide bonds. The Bertz CT molecular complexity index is 511. The smallest absolute Gasteiger partial charge is 0.231 e. The van der Waals surface area contributed by atoms with Gasteiger partial charge in [0.1, 0.15) is 12.4 Å². The first kappa shape index (κ1) is 14.5. The van der Waals surface area contributed by atoms with Gasteiger partial charge in [-0.15, -0.1) is 0 Å². The van der Waals surface area contributed by atoms with Crippen LogP contribution in [0.25, 0.3) is 0 Å². The predicted molar refractivity (Wildman–Crippen MR) is 80.5 cm³/mol. The van der Waals surface area contributed by atoms with Gasteiger partial charge in [-0.3, -0.25) is 0 Å². The molecule has 0 aromatic heterocycles. The van der Waals surface area contributed by atoms with Crippen molar-refractivity contribution in [3.8, 4) is 17.2 Å². The Kier molecular flexibility index (Phi) is 5.10. The maximum absolute atomic E-state index is 5.70. The van der Waals surface area contributed by atoms with E-state index in [0.717, 1.165) is 30.1 Å². The van der Waals surface area contributed by atoms with Crippen molar-refractivity contribution >= 4 is 0 Å². The van der Waals surface area contributed by atoms with Crippen molar-refractivity contribution in [3.05, 3.63) is 41.5 Å². The number of hydrogen-bond donors (Lipinski definition) is 0. The van der Waals surface area contributed by atoms with Crippen LogP contribution in [0, 0.1) is 0 Å². The zero-order chi connectivity index (χ0) is 14.4. The molecular weight excluding hydrogens is 252 g/mol. The zero-order valence-electron chi connectivity index (χ0n) is 12.4. The summed E-state index contributed by atoms with van der Waals surface area (Å²) in [6, 6.07) is 5.65. The number of fused-ring (bicyclic) bond motifs is 1. The summed E-state index contributed by atoms with van der Waals surface area (Å²) in [5.41, 5.74) is 2.72. The number of allylic oxidation sites excluding steroid dienone is 3. The molecule has 0 unspecified atom stereocenters. The predicted octanol–water partition coefficient (Wildman–Crippen LogP) is 4.49. The van der Waals surface area contributed by atoms with Gasteiger partial charge in [0, 0.05) is 6.07 Å². The normalized spacial score (nSPS) is 13.2. The van der Waals surface area contributed by atoms with Crippen LogP contribution in [0.1, 0.15) is 33.6 Å². The summed E-state index contributed by atoms with van der Waals surface area (Å²) in [7, 11) is 0.